The predicted octanol–water partition coefficient (Wildman–Crippen LogP) is 3.69. The summed E-state index contributed by atoms with van der Waals surface area (Å²) in [7, 11) is 0. The SMILES string of the molecule is CC(=O)N1c2ccccc2[C@@H](Nc2ccc(O)cc2)C[C@H]1C. The molecule has 0 radical (unpaired) electrons. The van der Waals surface area contributed by atoms with Crippen LogP contribution in [0.1, 0.15) is 31.9 Å². The van der Waals surface area contributed by atoms with Gasteiger partial charge in [-0.2, -0.15) is 0 Å². The van der Waals surface area contributed by atoms with Crippen molar-refractivity contribution in [3.8, 4) is 5.75 Å². The minimum absolute atomic E-state index is 0.0723. The normalized spacial score (nSPS) is 20.4. The third-order valence-electron chi connectivity index (χ3n) is 4.14. The highest BCUT2D eigenvalue weighted by Gasteiger charge is 2.31. The van der Waals surface area contributed by atoms with Crippen molar-refractivity contribution in [2.75, 3.05) is 10.2 Å². The summed E-state index contributed by atoms with van der Waals surface area (Å²) < 4.78 is 0. The van der Waals surface area contributed by atoms with Crippen molar-refractivity contribution in [2.45, 2.75) is 32.4 Å². The number of benzene rings is 2. The van der Waals surface area contributed by atoms with Crippen molar-refractivity contribution in [2.24, 2.45) is 0 Å². The van der Waals surface area contributed by atoms with Crippen LogP contribution in [0.5, 0.6) is 5.75 Å². The van der Waals surface area contributed by atoms with Gasteiger partial charge in [0.05, 0.1) is 6.04 Å². The molecule has 0 fully saturated rings. The summed E-state index contributed by atoms with van der Waals surface area (Å²) in [6.07, 6.45) is 0.845. The molecule has 0 aromatic heterocycles. The van der Waals surface area contributed by atoms with Crippen molar-refractivity contribution in [3.63, 3.8) is 0 Å². The number of fused-ring (bicyclic) bond motifs is 1. The number of carbonyl (C=O) groups is 1. The fourth-order valence-electron chi connectivity index (χ4n) is 3.19. The van der Waals surface area contributed by atoms with E-state index in [0.29, 0.717) is 0 Å². The molecule has 1 amide bonds. The van der Waals surface area contributed by atoms with E-state index in [1.54, 1.807) is 19.1 Å². The Balaban J connectivity index is 1.94. The van der Waals surface area contributed by atoms with Crippen molar-refractivity contribution in [1.82, 2.24) is 0 Å². The Labute approximate surface area is 130 Å². The molecular weight excluding hydrogens is 276 g/mol. The van der Waals surface area contributed by atoms with Crippen LogP contribution in [0, 0.1) is 0 Å². The summed E-state index contributed by atoms with van der Waals surface area (Å²) >= 11 is 0. The molecule has 2 atom stereocenters. The number of aromatic hydroxyl groups is 1. The molecular formula is C18H20N2O2. The van der Waals surface area contributed by atoms with Gasteiger partial charge in [-0.15, -0.1) is 0 Å². The highest BCUT2D eigenvalue weighted by molar-refractivity contribution is 5.93. The molecule has 2 N–H and O–H groups in total. The number of nitrogens with zero attached hydrogens (tertiary/aromatic N) is 1. The Kier molecular flexibility index (Phi) is 3.75. The number of phenols is 1. The first kappa shape index (κ1) is 14.4. The summed E-state index contributed by atoms with van der Waals surface area (Å²) in [5, 5.41) is 12.9. The largest absolute Gasteiger partial charge is 0.508 e. The lowest BCUT2D eigenvalue weighted by Gasteiger charge is -2.39. The Morgan fingerprint density at radius 1 is 1.18 bits per heavy atom. The molecule has 0 unspecified atom stereocenters. The molecule has 0 bridgehead atoms. The van der Waals surface area contributed by atoms with Gasteiger partial charge in [0.25, 0.3) is 0 Å². The van der Waals surface area contributed by atoms with Gasteiger partial charge in [0.1, 0.15) is 5.75 Å². The van der Waals surface area contributed by atoms with Gasteiger partial charge in [-0.25, -0.2) is 0 Å². The lowest BCUT2D eigenvalue weighted by molar-refractivity contribution is -0.117. The van der Waals surface area contributed by atoms with Gasteiger partial charge in [0, 0.05) is 24.3 Å². The number of hydrogen-bond donors (Lipinski definition) is 2. The summed E-state index contributed by atoms with van der Waals surface area (Å²) in [6.45, 7) is 3.68. The Morgan fingerprint density at radius 2 is 1.86 bits per heavy atom. The fourth-order valence-corrected chi connectivity index (χ4v) is 3.19. The molecule has 2 aromatic carbocycles. The molecule has 0 saturated carbocycles. The number of para-hydroxylation sites is 1. The second kappa shape index (κ2) is 5.72. The number of amides is 1. The van der Waals surface area contributed by atoms with Crippen LogP contribution >= 0.6 is 0 Å². The van der Waals surface area contributed by atoms with E-state index in [1.807, 2.05) is 35.2 Å². The first-order valence-corrected chi connectivity index (χ1v) is 7.50. The van der Waals surface area contributed by atoms with E-state index >= 15 is 0 Å². The number of phenolic OH excluding ortho intramolecular Hbond substituents is 1. The van der Waals surface area contributed by atoms with E-state index in [9.17, 15) is 9.90 Å². The number of carbonyl (C=O) groups excluding carboxylic acids is 1. The minimum Gasteiger partial charge on any atom is -0.508 e. The van der Waals surface area contributed by atoms with Crippen molar-refractivity contribution < 1.29 is 9.90 Å². The number of rotatable bonds is 2. The van der Waals surface area contributed by atoms with Crippen LogP contribution in [0.15, 0.2) is 48.5 Å². The van der Waals surface area contributed by atoms with Gasteiger partial charge in [0.2, 0.25) is 5.91 Å². The van der Waals surface area contributed by atoms with Gasteiger partial charge in [-0.3, -0.25) is 4.79 Å². The van der Waals surface area contributed by atoms with Gasteiger partial charge in [0.15, 0.2) is 0 Å². The lowest BCUT2D eigenvalue weighted by Crippen LogP contribution is -2.43. The van der Waals surface area contributed by atoms with Crippen LogP contribution in [0.2, 0.25) is 0 Å². The summed E-state index contributed by atoms with van der Waals surface area (Å²) in [4.78, 5) is 13.8. The fraction of sp³-hybridized carbons (Fsp3) is 0.278. The second-order valence-corrected chi connectivity index (χ2v) is 5.78. The summed E-state index contributed by atoms with van der Waals surface area (Å²) in [6, 6.07) is 15.4. The zero-order valence-corrected chi connectivity index (χ0v) is 12.8. The molecule has 0 aliphatic carbocycles. The minimum atomic E-state index is 0.0723. The van der Waals surface area contributed by atoms with Crippen LogP contribution in [0.25, 0.3) is 0 Å². The predicted molar refractivity (Wildman–Crippen MR) is 88.2 cm³/mol. The molecule has 4 nitrogen and oxygen atoms in total. The maximum Gasteiger partial charge on any atom is 0.224 e. The van der Waals surface area contributed by atoms with Gasteiger partial charge < -0.3 is 15.3 Å². The molecule has 3 rings (SSSR count). The highest BCUT2D eigenvalue weighted by atomic mass is 16.3. The summed E-state index contributed by atoms with van der Waals surface area (Å²) in [5.74, 6) is 0.328. The zero-order valence-electron chi connectivity index (χ0n) is 12.8. The average Bonchev–Trinajstić information content (AvgIpc) is 2.49. The summed E-state index contributed by atoms with van der Waals surface area (Å²) in [5.41, 5.74) is 3.06. The Bertz CT molecular complexity index is 682. The van der Waals surface area contributed by atoms with Crippen molar-refractivity contribution in [3.05, 3.63) is 54.1 Å². The molecule has 4 heteroatoms. The third-order valence-corrected chi connectivity index (χ3v) is 4.14. The molecule has 0 saturated heterocycles. The van der Waals surface area contributed by atoms with Crippen LogP contribution in [0.4, 0.5) is 11.4 Å². The lowest BCUT2D eigenvalue weighted by atomic mass is 9.91. The van der Waals surface area contributed by atoms with Crippen molar-refractivity contribution in [1.29, 1.82) is 0 Å². The van der Waals surface area contributed by atoms with Gasteiger partial charge in [-0.05, 0) is 49.2 Å². The number of hydrogen-bond acceptors (Lipinski definition) is 3. The molecule has 1 aliphatic rings. The van der Waals surface area contributed by atoms with Crippen LogP contribution in [0.3, 0.4) is 0 Å². The smallest absolute Gasteiger partial charge is 0.224 e. The molecule has 1 aliphatic heterocycles. The molecule has 114 valence electrons. The van der Waals surface area contributed by atoms with Gasteiger partial charge in [-0.1, -0.05) is 18.2 Å². The first-order valence-electron chi connectivity index (χ1n) is 7.50. The van der Waals surface area contributed by atoms with E-state index in [2.05, 4.69) is 18.3 Å². The van der Waals surface area contributed by atoms with E-state index in [4.69, 9.17) is 0 Å². The van der Waals surface area contributed by atoms with E-state index in [1.165, 1.54) is 0 Å². The van der Waals surface area contributed by atoms with Gasteiger partial charge >= 0.3 is 0 Å². The number of nitrogens with one attached hydrogen (secondary N) is 1. The third kappa shape index (κ3) is 2.64. The van der Waals surface area contributed by atoms with Crippen LogP contribution < -0.4 is 10.2 Å². The number of anilines is 2. The molecule has 2 aromatic rings. The topological polar surface area (TPSA) is 52.6 Å². The molecule has 0 spiro atoms. The Morgan fingerprint density at radius 3 is 2.55 bits per heavy atom. The second-order valence-electron chi connectivity index (χ2n) is 5.78. The molecule has 22 heavy (non-hydrogen) atoms. The Hall–Kier alpha value is -2.49. The van der Waals surface area contributed by atoms with Crippen LogP contribution in [-0.4, -0.2) is 17.1 Å². The van der Waals surface area contributed by atoms with E-state index < -0.39 is 0 Å². The molecule has 1 heterocycles. The average molecular weight is 296 g/mol. The van der Waals surface area contributed by atoms with Crippen LogP contribution in [-0.2, 0) is 4.79 Å². The van der Waals surface area contributed by atoms with E-state index in [-0.39, 0.29) is 23.7 Å². The highest BCUT2D eigenvalue weighted by Crippen LogP contribution is 2.38. The van der Waals surface area contributed by atoms with Crippen molar-refractivity contribution >= 4 is 17.3 Å². The standard InChI is InChI=1S/C18H20N2O2/c1-12-11-17(19-14-7-9-15(22)10-8-14)16-5-3-4-6-18(16)20(12)13(2)21/h3-10,12,17,19,22H,11H2,1-2H3/t12-,17+/m1/s1. The maximum absolute atomic E-state index is 12.0. The zero-order chi connectivity index (χ0) is 15.7. The quantitative estimate of drug-likeness (QED) is 0.831. The maximum atomic E-state index is 12.0. The first-order chi connectivity index (χ1) is 10.6. The van der Waals surface area contributed by atoms with E-state index in [0.717, 1.165) is 23.4 Å². The monoisotopic (exact) mass is 296 g/mol.